The molecule has 0 bridgehead atoms. The number of carbonyl (C=O) groups excluding carboxylic acids is 2. The predicted molar refractivity (Wildman–Crippen MR) is 92.0 cm³/mol. The van der Waals surface area contributed by atoms with E-state index in [1.54, 1.807) is 0 Å². The Balaban J connectivity index is 1.56. The molecule has 0 unspecified atom stereocenters. The van der Waals surface area contributed by atoms with Crippen molar-refractivity contribution in [2.75, 3.05) is 19.7 Å². The number of rotatable bonds is 4. The Kier molecular flexibility index (Phi) is 4.16. The Morgan fingerprint density at radius 1 is 1.08 bits per heavy atom. The van der Waals surface area contributed by atoms with Gasteiger partial charge in [0.15, 0.2) is 11.6 Å². The minimum Gasteiger partial charge on any atom is -0.348 e. The molecule has 0 spiro atoms. The van der Waals surface area contributed by atoms with Crippen molar-refractivity contribution in [1.29, 1.82) is 0 Å². The zero-order valence-electron chi connectivity index (χ0n) is 14.8. The highest BCUT2D eigenvalue weighted by Gasteiger charge is 2.64. The third kappa shape index (κ3) is 3.11. The van der Waals surface area contributed by atoms with Crippen LogP contribution in [0, 0.1) is 17.8 Å². The van der Waals surface area contributed by atoms with E-state index in [0.717, 1.165) is 25.9 Å². The number of hydrogen-bond donors (Lipinski definition) is 0. The number of likely N-dealkylation sites (tertiary alicyclic amines) is 1. The maximum atomic E-state index is 13.0. The summed E-state index contributed by atoms with van der Waals surface area (Å²) >= 11 is 0. The van der Waals surface area contributed by atoms with Crippen LogP contribution in [0.2, 0.25) is 0 Å². The lowest BCUT2D eigenvalue weighted by Gasteiger charge is -2.18. The van der Waals surface area contributed by atoms with Gasteiger partial charge < -0.3 is 14.4 Å². The van der Waals surface area contributed by atoms with Gasteiger partial charge >= 0.3 is 0 Å². The number of ketones is 1. The van der Waals surface area contributed by atoms with Gasteiger partial charge in [-0.15, -0.1) is 0 Å². The Labute approximate surface area is 148 Å². The van der Waals surface area contributed by atoms with Gasteiger partial charge in [0.2, 0.25) is 5.91 Å². The van der Waals surface area contributed by atoms with Gasteiger partial charge in [-0.25, -0.2) is 0 Å². The third-order valence-corrected chi connectivity index (χ3v) is 5.60. The van der Waals surface area contributed by atoms with E-state index < -0.39 is 5.79 Å². The van der Waals surface area contributed by atoms with Gasteiger partial charge in [-0.05, 0) is 26.7 Å². The lowest BCUT2D eigenvalue weighted by molar-refractivity contribution is -0.143. The maximum Gasteiger partial charge on any atom is 0.226 e. The van der Waals surface area contributed by atoms with Crippen molar-refractivity contribution in [3.63, 3.8) is 0 Å². The summed E-state index contributed by atoms with van der Waals surface area (Å²) in [7, 11) is 0. The lowest BCUT2D eigenvalue weighted by Crippen LogP contribution is -2.31. The number of Topliss-reactive ketones (excluding diaryl/α,β-unsaturated/α-hetero) is 1. The van der Waals surface area contributed by atoms with E-state index in [1.165, 1.54) is 0 Å². The molecule has 1 amide bonds. The average Bonchev–Trinajstić information content (AvgIpc) is 2.94. The summed E-state index contributed by atoms with van der Waals surface area (Å²) in [5.41, 5.74) is 0.674. The van der Waals surface area contributed by atoms with Gasteiger partial charge in [0, 0.05) is 30.5 Å². The summed E-state index contributed by atoms with van der Waals surface area (Å²) in [6, 6.07) is 9.26. The minimum absolute atomic E-state index is 0.0523. The van der Waals surface area contributed by atoms with E-state index in [9.17, 15) is 9.59 Å². The van der Waals surface area contributed by atoms with Crippen molar-refractivity contribution in [3.8, 4) is 0 Å². The van der Waals surface area contributed by atoms with Crippen LogP contribution in [-0.2, 0) is 14.3 Å². The van der Waals surface area contributed by atoms with E-state index in [0.29, 0.717) is 12.2 Å². The van der Waals surface area contributed by atoms with Gasteiger partial charge in [-0.1, -0.05) is 30.3 Å². The van der Waals surface area contributed by atoms with E-state index in [2.05, 4.69) is 0 Å². The molecule has 0 radical (unpaired) electrons. The zero-order chi connectivity index (χ0) is 17.6. The number of carbonyl (C=O) groups is 2. The largest absolute Gasteiger partial charge is 0.348 e. The molecule has 134 valence electrons. The summed E-state index contributed by atoms with van der Waals surface area (Å²) in [6.45, 7) is 5.81. The minimum atomic E-state index is -0.644. The van der Waals surface area contributed by atoms with Gasteiger partial charge in [0.05, 0.1) is 18.6 Å². The second-order valence-electron chi connectivity index (χ2n) is 7.76. The molecule has 4 atom stereocenters. The van der Waals surface area contributed by atoms with E-state index in [-0.39, 0.29) is 35.5 Å². The summed E-state index contributed by atoms with van der Waals surface area (Å²) < 4.78 is 11.7. The van der Waals surface area contributed by atoms with Crippen LogP contribution in [0.3, 0.4) is 0 Å². The molecular formula is C20H25NO4. The topological polar surface area (TPSA) is 55.8 Å². The van der Waals surface area contributed by atoms with Crippen molar-refractivity contribution in [1.82, 2.24) is 4.90 Å². The molecule has 3 fully saturated rings. The molecule has 1 aromatic carbocycles. The molecule has 1 aliphatic carbocycles. The molecule has 2 heterocycles. The number of amides is 1. The third-order valence-electron chi connectivity index (χ3n) is 5.60. The van der Waals surface area contributed by atoms with Crippen LogP contribution in [0.4, 0.5) is 0 Å². The van der Waals surface area contributed by atoms with Crippen LogP contribution < -0.4 is 0 Å². The fraction of sp³-hybridized carbons (Fsp3) is 0.600. The highest BCUT2D eigenvalue weighted by molar-refractivity contribution is 6.04. The first-order valence-corrected chi connectivity index (χ1v) is 9.18. The highest BCUT2D eigenvalue weighted by Crippen LogP contribution is 2.54. The highest BCUT2D eigenvalue weighted by atomic mass is 16.7. The number of ether oxygens (including phenoxy) is 2. The van der Waals surface area contributed by atoms with Crippen molar-refractivity contribution in [3.05, 3.63) is 35.9 Å². The molecule has 2 aliphatic heterocycles. The quantitative estimate of drug-likeness (QED) is 0.788. The Morgan fingerprint density at radius 3 is 2.36 bits per heavy atom. The summed E-state index contributed by atoms with van der Waals surface area (Å²) in [5, 5.41) is 0. The fourth-order valence-corrected chi connectivity index (χ4v) is 4.30. The Bertz CT molecular complexity index is 666. The maximum absolute atomic E-state index is 13.0. The summed E-state index contributed by atoms with van der Waals surface area (Å²) in [4.78, 5) is 27.9. The first-order valence-electron chi connectivity index (χ1n) is 9.18. The lowest BCUT2D eigenvalue weighted by atomic mass is 10.0. The monoisotopic (exact) mass is 343 g/mol. The zero-order valence-corrected chi connectivity index (χ0v) is 14.8. The first kappa shape index (κ1) is 16.7. The summed E-state index contributed by atoms with van der Waals surface area (Å²) in [5.74, 6) is -1.12. The van der Waals surface area contributed by atoms with E-state index >= 15 is 0 Å². The smallest absolute Gasteiger partial charge is 0.226 e. The van der Waals surface area contributed by atoms with Crippen LogP contribution in [0.5, 0.6) is 0 Å². The van der Waals surface area contributed by atoms with Crippen molar-refractivity contribution in [2.24, 2.45) is 17.8 Å². The van der Waals surface area contributed by atoms with Crippen LogP contribution >= 0.6 is 0 Å². The van der Waals surface area contributed by atoms with Crippen molar-refractivity contribution < 1.29 is 19.1 Å². The van der Waals surface area contributed by atoms with Crippen LogP contribution in [0.25, 0.3) is 0 Å². The molecule has 1 aromatic rings. The SMILES string of the molecule is CC1(C)OC[C@@H]([C@H]2[C@H](C(=O)N3CCCC3)[C@@H]2C(=O)c2ccccc2)O1. The van der Waals surface area contributed by atoms with Crippen LogP contribution in [0.15, 0.2) is 30.3 Å². The average molecular weight is 343 g/mol. The van der Waals surface area contributed by atoms with Crippen molar-refractivity contribution >= 4 is 11.7 Å². The fourth-order valence-electron chi connectivity index (χ4n) is 4.30. The number of nitrogens with zero attached hydrogens (tertiary/aromatic N) is 1. The molecule has 5 heteroatoms. The molecule has 0 aromatic heterocycles. The van der Waals surface area contributed by atoms with Gasteiger partial charge in [0.1, 0.15) is 0 Å². The molecule has 0 N–H and O–H groups in total. The Morgan fingerprint density at radius 2 is 1.76 bits per heavy atom. The van der Waals surface area contributed by atoms with Crippen molar-refractivity contribution in [2.45, 2.75) is 38.6 Å². The number of benzene rings is 1. The van der Waals surface area contributed by atoms with Crippen LogP contribution in [-0.4, -0.2) is 48.2 Å². The second-order valence-corrected chi connectivity index (χ2v) is 7.76. The molecule has 1 saturated carbocycles. The van der Waals surface area contributed by atoms with Gasteiger partial charge in [-0.2, -0.15) is 0 Å². The standard InChI is InChI=1S/C20H25NO4/c1-20(2)24-12-14(25-20)15-16(18(22)13-8-4-3-5-9-13)17(15)19(23)21-10-6-7-11-21/h3-5,8-9,14-17H,6-7,10-12H2,1-2H3/t14-,15+,16+,17-/m0/s1. The number of hydrogen-bond acceptors (Lipinski definition) is 4. The second kappa shape index (κ2) is 6.22. The molecule has 25 heavy (non-hydrogen) atoms. The molecular weight excluding hydrogens is 318 g/mol. The predicted octanol–water partition coefficient (Wildman–Crippen LogP) is 2.51. The molecule has 5 nitrogen and oxygen atoms in total. The molecule has 3 aliphatic rings. The normalized spacial score (nSPS) is 33.4. The van der Waals surface area contributed by atoms with E-state index in [4.69, 9.17) is 9.47 Å². The van der Waals surface area contributed by atoms with Crippen LogP contribution in [0.1, 0.15) is 37.0 Å². The van der Waals surface area contributed by atoms with Gasteiger partial charge in [-0.3, -0.25) is 9.59 Å². The Hall–Kier alpha value is -1.72. The summed E-state index contributed by atoms with van der Waals surface area (Å²) in [6.07, 6.45) is 1.91. The van der Waals surface area contributed by atoms with E-state index in [1.807, 2.05) is 49.1 Å². The molecule has 4 rings (SSSR count). The molecule has 2 saturated heterocycles. The first-order chi connectivity index (χ1) is 12.0. The van der Waals surface area contributed by atoms with Gasteiger partial charge in [0.25, 0.3) is 0 Å².